The molecular weight excluding hydrogens is 240 g/mol. The number of amides is 1. The molecule has 0 heterocycles. The van der Waals surface area contributed by atoms with Gasteiger partial charge in [-0.1, -0.05) is 17.9 Å². The number of benzene rings is 1. The van der Waals surface area contributed by atoms with Crippen molar-refractivity contribution in [2.45, 2.75) is 13.0 Å². The molecule has 0 aliphatic carbocycles. The van der Waals surface area contributed by atoms with Crippen LogP contribution in [0.25, 0.3) is 0 Å². The van der Waals surface area contributed by atoms with Crippen LogP contribution in [0.5, 0.6) is 0 Å². The first-order chi connectivity index (χ1) is 9.04. The van der Waals surface area contributed by atoms with E-state index >= 15 is 0 Å². The van der Waals surface area contributed by atoms with Crippen LogP contribution in [0.15, 0.2) is 24.3 Å². The highest BCUT2D eigenvalue weighted by Gasteiger charge is 2.09. The van der Waals surface area contributed by atoms with Crippen LogP contribution in [0, 0.1) is 11.8 Å². The van der Waals surface area contributed by atoms with Gasteiger partial charge in [0, 0.05) is 23.7 Å². The van der Waals surface area contributed by atoms with Crippen molar-refractivity contribution in [2.75, 3.05) is 27.2 Å². The van der Waals surface area contributed by atoms with E-state index < -0.39 is 0 Å². The lowest BCUT2D eigenvalue weighted by Crippen LogP contribution is -2.38. The van der Waals surface area contributed by atoms with Crippen LogP contribution in [0.3, 0.4) is 0 Å². The lowest BCUT2D eigenvalue weighted by atomic mass is 10.1. The Morgan fingerprint density at radius 2 is 2.21 bits per heavy atom. The quantitative estimate of drug-likeness (QED) is 0.784. The molecule has 102 valence electrons. The summed E-state index contributed by atoms with van der Waals surface area (Å²) in [6.45, 7) is 2.46. The van der Waals surface area contributed by atoms with Gasteiger partial charge in [-0.05, 0) is 39.2 Å². The smallest absolute Gasteiger partial charge is 0.251 e. The molecule has 1 atom stereocenters. The van der Waals surface area contributed by atoms with Crippen LogP contribution < -0.4 is 5.32 Å². The third-order valence-electron chi connectivity index (χ3n) is 2.88. The number of nitrogens with one attached hydrogen (secondary N) is 1. The van der Waals surface area contributed by atoms with Crippen molar-refractivity contribution in [1.29, 1.82) is 0 Å². The van der Waals surface area contributed by atoms with E-state index in [2.05, 4.69) is 17.2 Å². The molecule has 0 radical (unpaired) electrons. The van der Waals surface area contributed by atoms with E-state index in [4.69, 9.17) is 5.11 Å². The number of likely N-dealkylation sites (N-methyl/N-ethyl adjacent to an activating group) is 1. The first-order valence-electron chi connectivity index (χ1n) is 6.19. The fourth-order valence-corrected chi connectivity index (χ4v) is 1.40. The monoisotopic (exact) mass is 260 g/mol. The summed E-state index contributed by atoms with van der Waals surface area (Å²) in [6.07, 6.45) is 0. The van der Waals surface area contributed by atoms with Gasteiger partial charge in [0.1, 0.15) is 6.61 Å². The zero-order chi connectivity index (χ0) is 14.3. The summed E-state index contributed by atoms with van der Waals surface area (Å²) in [6, 6.07) is 7.34. The van der Waals surface area contributed by atoms with Gasteiger partial charge in [0.25, 0.3) is 5.91 Å². The van der Waals surface area contributed by atoms with Crippen LogP contribution in [0.2, 0.25) is 0 Å². The Balaban J connectivity index is 2.67. The maximum absolute atomic E-state index is 12.0. The summed E-state index contributed by atoms with van der Waals surface area (Å²) in [5, 5.41) is 11.5. The second-order valence-corrected chi connectivity index (χ2v) is 4.56. The number of carbonyl (C=O) groups is 1. The van der Waals surface area contributed by atoms with Crippen molar-refractivity contribution in [3.05, 3.63) is 35.4 Å². The van der Waals surface area contributed by atoms with Gasteiger partial charge in [-0.15, -0.1) is 0 Å². The first-order valence-corrected chi connectivity index (χ1v) is 6.19. The molecule has 2 N–H and O–H groups in total. The van der Waals surface area contributed by atoms with Crippen molar-refractivity contribution in [1.82, 2.24) is 10.2 Å². The molecule has 1 aromatic carbocycles. The van der Waals surface area contributed by atoms with Gasteiger partial charge in [0.2, 0.25) is 0 Å². The van der Waals surface area contributed by atoms with Gasteiger partial charge in [-0.25, -0.2) is 0 Å². The van der Waals surface area contributed by atoms with E-state index in [1.54, 1.807) is 18.2 Å². The Kier molecular flexibility index (Phi) is 6.07. The molecule has 0 bridgehead atoms. The number of hydrogen-bond donors (Lipinski definition) is 2. The molecule has 0 saturated heterocycles. The van der Waals surface area contributed by atoms with Crippen LogP contribution >= 0.6 is 0 Å². The molecule has 0 fully saturated rings. The van der Waals surface area contributed by atoms with Gasteiger partial charge in [0.05, 0.1) is 0 Å². The molecule has 0 spiro atoms. The summed E-state index contributed by atoms with van der Waals surface area (Å²) in [4.78, 5) is 14.0. The normalized spacial score (nSPS) is 11.6. The van der Waals surface area contributed by atoms with E-state index in [-0.39, 0.29) is 18.6 Å². The molecule has 1 aromatic rings. The van der Waals surface area contributed by atoms with Crippen molar-refractivity contribution >= 4 is 5.91 Å². The van der Waals surface area contributed by atoms with Crippen LogP contribution in [-0.2, 0) is 0 Å². The zero-order valence-corrected chi connectivity index (χ0v) is 11.6. The third kappa shape index (κ3) is 5.12. The van der Waals surface area contributed by atoms with Crippen molar-refractivity contribution in [2.24, 2.45) is 0 Å². The van der Waals surface area contributed by atoms with Gasteiger partial charge in [0.15, 0.2) is 0 Å². The summed E-state index contributed by atoms with van der Waals surface area (Å²) in [7, 11) is 3.95. The molecular formula is C15H20N2O2. The Morgan fingerprint density at radius 3 is 2.84 bits per heavy atom. The molecule has 1 unspecified atom stereocenters. The average Bonchev–Trinajstić information content (AvgIpc) is 2.42. The number of carbonyl (C=O) groups excluding carboxylic acids is 1. The molecule has 1 amide bonds. The Hall–Kier alpha value is -1.83. The van der Waals surface area contributed by atoms with Gasteiger partial charge in [-0.2, -0.15) is 0 Å². The van der Waals surface area contributed by atoms with E-state index in [1.807, 2.05) is 32.0 Å². The molecule has 0 aliphatic rings. The summed E-state index contributed by atoms with van der Waals surface area (Å²) in [5.74, 6) is 5.24. The maximum Gasteiger partial charge on any atom is 0.251 e. The Labute approximate surface area is 114 Å². The van der Waals surface area contributed by atoms with E-state index in [9.17, 15) is 4.79 Å². The molecule has 0 aromatic heterocycles. The fourth-order valence-electron chi connectivity index (χ4n) is 1.40. The molecule has 4 nitrogen and oxygen atoms in total. The van der Waals surface area contributed by atoms with Crippen LogP contribution in [0.1, 0.15) is 22.8 Å². The van der Waals surface area contributed by atoms with Crippen molar-refractivity contribution in [3.8, 4) is 11.8 Å². The largest absolute Gasteiger partial charge is 0.384 e. The summed E-state index contributed by atoms with van der Waals surface area (Å²) in [5.41, 5.74) is 1.30. The van der Waals surface area contributed by atoms with E-state index in [0.29, 0.717) is 12.1 Å². The number of aliphatic hydroxyl groups excluding tert-OH is 1. The fraction of sp³-hybridized carbons (Fsp3) is 0.400. The predicted molar refractivity (Wildman–Crippen MR) is 75.9 cm³/mol. The highest BCUT2D eigenvalue weighted by molar-refractivity contribution is 5.94. The van der Waals surface area contributed by atoms with E-state index in [1.165, 1.54) is 0 Å². The van der Waals surface area contributed by atoms with Gasteiger partial charge in [-0.3, -0.25) is 4.79 Å². The minimum Gasteiger partial charge on any atom is -0.384 e. The molecule has 0 saturated carbocycles. The molecule has 4 heteroatoms. The topological polar surface area (TPSA) is 52.6 Å². The second-order valence-electron chi connectivity index (χ2n) is 4.56. The minimum atomic E-state index is -0.184. The molecule has 0 aliphatic heterocycles. The SMILES string of the molecule is CC(CNC(=O)c1cccc(C#CCO)c1)N(C)C. The highest BCUT2D eigenvalue weighted by Crippen LogP contribution is 2.04. The lowest BCUT2D eigenvalue weighted by molar-refractivity contribution is 0.0943. The number of nitrogens with zero attached hydrogens (tertiary/aromatic N) is 1. The van der Waals surface area contributed by atoms with Crippen LogP contribution in [0.4, 0.5) is 0 Å². The Morgan fingerprint density at radius 1 is 1.47 bits per heavy atom. The van der Waals surface area contributed by atoms with Gasteiger partial charge >= 0.3 is 0 Å². The Bertz CT molecular complexity index is 486. The number of aliphatic hydroxyl groups is 1. The predicted octanol–water partition coefficient (Wildman–Crippen LogP) is 0.710. The summed E-state index contributed by atoms with van der Waals surface area (Å²) < 4.78 is 0. The third-order valence-corrected chi connectivity index (χ3v) is 2.88. The maximum atomic E-state index is 12.0. The lowest BCUT2D eigenvalue weighted by Gasteiger charge is -2.19. The molecule has 1 rings (SSSR count). The average molecular weight is 260 g/mol. The van der Waals surface area contributed by atoms with Crippen LogP contribution in [-0.4, -0.2) is 49.2 Å². The minimum absolute atomic E-state index is 0.110. The number of rotatable bonds is 4. The second kappa shape index (κ2) is 7.57. The molecule has 19 heavy (non-hydrogen) atoms. The number of hydrogen-bond acceptors (Lipinski definition) is 3. The van der Waals surface area contributed by atoms with Crippen molar-refractivity contribution in [3.63, 3.8) is 0 Å². The standard InChI is InChI=1S/C15H20N2O2/c1-12(17(2)3)11-16-15(19)14-8-4-6-13(10-14)7-5-9-18/h4,6,8,10,12,18H,9,11H2,1-3H3,(H,16,19). The zero-order valence-electron chi connectivity index (χ0n) is 11.6. The summed E-state index contributed by atoms with van der Waals surface area (Å²) >= 11 is 0. The van der Waals surface area contributed by atoms with E-state index in [0.717, 1.165) is 5.56 Å². The first kappa shape index (κ1) is 15.2. The van der Waals surface area contributed by atoms with Gasteiger partial charge < -0.3 is 15.3 Å². The van der Waals surface area contributed by atoms with Crippen molar-refractivity contribution < 1.29 is 9.90 Å². The highest BCUT2D eigenvalue weighted by atomic mass is 16.2.